The number of ether oxygens (including phenoxy) is 1. The molecule has 2 unspecified atom stereocenters. The molecule has 3 aromatic carbocycles. The maximum atomic E-state index is 12.7. The zero-order valence-electron chi connectivity index (χ0n) is 24.8. The Bertz CT molecular complexity index is 1880. The molecule has 5 aromatic rings. The van der Waals surface area contributed by atoms with Crippen LogP contribution in [-0.2, 0) is 16.6 Å². The average molecular weight is 616 g/mol. The molecule has 8 rings (SSSR count). The monoisotopic (exact) mass is 615 g/mol. The normalized spacial score (nSPS) is 19.2. The fraction of sp³-hybridized carbons (Fsp3) is 0.364. The van der Waals surface area contributed by atoms with E-state index < -0.39 is 17.7 Å². The van der Waals surface area contributed by atoms with Crippen molar-refractivity contribution in [3.05, 3.63) is 64.7 Å². The van der Waals surface area contributed by atoms with Crippen LogP contribution in [0.3, 0.4) is 0 Å². The third-order valence-corrected chi connectivity index (χ3v) is 9.71. The van der Waals surface area contributed by atoms with E-state index >= 15 is 0 Å². The Morgan fingerprint density at radius 1 is 1.12 bits per heavy atom. The molecule has 5 heterocycles. The van der Waals surface area contributed by atoms with Gasteiger partial charge in [-0.05, 0) is 81.6 Å². The van der Waals surface area contributed by atoms with E-state index in [1.165, 1.54) is 6.42 Å². The molecule has 2 bridgehead atoms. The van der Waals surface area contributed by atoms with Crippen LogP contribution in [0.2, 0.25) is 5.02 Å². The van der Waals surface area contributed by atoms with Crippen LogP contribution in [0.1, 0.15) is 44.4 Å². The van der Waals surface area contributed by atoms with E-state index in [0.717, 1.165) is 67.3 Å². The Labute approximate surface area is 259 Å². The largest absolute Gasteiger partial charge is 0.479 e. The van der Waals surface area contributed by atoms with Crippen LogP contribution in [0.15, 0.2) is 48.5 Å². The molecule has 8 nitrogen and oxygen atoms in total. The number of thiazole rings is 1. The maximum absolute atomic E-state index is 12.7. The van der Waals surface area contributed by atoms with Crippen LogP contribution in [0, 0.1) is 6.92 Å². The highest BCUT2D eigenvalue weighted by Crippen LogP contribution is 2.45. The van der Waals surface area contributed by atoms with E-state index in [-0.39, 0.29) is 0 Å². The molecule has 3 aliphatic heterocycles. The lowest BCUT2D eigenvalue weighted by molar-refractivity contribution is -0.160. The molecular formula is C33H34ClN5O3S. The summed E-state index contributed by atoms with van der Waals surface area (Å²) in [5.74, 6) is -0.0160. The van der Waals surface area contributed by atoms with Crippen LogP contribution in [0.25, 0.3) is 42.8 Å². The number of carboxylic acids is 1. The molecule has 10 heteroatoms. The number of carbonyl (C=O) groups is 1. The fourth-order valence-electron chi connectivity index (χ4n) is 6.46. The third-order valence-electron chi connectivity index (χ3n) is 8.32. The number of nitrogens with one attached hydrogen (secondary N) is 1. The van der Waals surface area contributed by atoms with Gasteiger partial charge in [0, 0.05) is 59.3 Å². The molecule has 0 saturated carbocycles. The van der Waals surface area contributed by atoms with Crippen molar-refractivity contribution in [1.29, 1.82) is 0 Å². The Hall–Kier alpha value is -3.50. The molecule has 3 atom stereocenters. The smallest absolute Gasteiger partial charge is 0.337 e. The Kier molecular flexibility index (Phi) is 6.77. The molecule has 3 aliphatic rings. The highest BCUT2D eigenvalue weighted by atomic mass is 35.5. The summed E-state index contributed by atoms with van der Waals surface area (Å²) >= 11 is 7.83. The highest BCUT2D eigenvalue weighted by Gasteiger charge is 2.38. The van der Waals surface area contributed by atoms with Gasteiger partial charge in [0.1, 0.15) is 5.01 Å². The van der Waals surface area contributed by atoms with Gasteiger partial charge in [0.2, 0.25) is 0 Å². The second-order valence-electron chi connectivity index (χ2n) is 12.7. The number of fused-ring (bicyclic) bond motifs is 4. The van der Waals surface area contributed by atoms with Crippen molar-refractivity contribution in [2.75, 3.05) is 18.0 Å². The number of piperazine rings is 1. The first-order valence-corrected chi connectivity index (χ1v) is 15.7. The van der Waals surface area contributed by atoms with Crippen molar-refractivity contribution in [3.63, 3.8) is 0 Å². The molecule has 222 valence electrons. The Balaban J connectivity index is 1.40. The van der Waals surface area contributed by atoms with Crippen molar-refractivity contribution in [2.45, 2.75) is 57.9 Å². The van der Waals surface area contributed by atoms with Crippen LogP contribution < -0.4 is 10.2 Å². The predicted octanol–water partition coefficient (Wildman–Crippen LogP) is 6.97. The fourth-order valence-corrected chi connectivity index (χ4v) is 7.71. The Morgan fingerprint density at radius 3 is 2.44 bits per heavy atom. The van der Waals surface area contributed by atoms with Gasteiger partial charge in [-0.15, -0.1) is 11.3 Å². The summed E-state index contributed by atoms with van der Waals surface area (Å²) in [5.41, 5.74) is 5.37. The van der Waals surface area contributed by atoms with Gasteiger partial charge < -0.3 is 20.1 Å². The number of aromatic nitrogens is 3. The SMILES string of the molecule is Cc1cc2nc(-c3ccc4c(c3)c(N3CC5CC(C3)N5)nn4C)sc2c(-c2ccc(Cl)cc2)c1[C@H](OC(C)(C)C)C(=O)O. The number of aryl methyl sites for hydroxylation is 2. The quantitative estimate of drug-likeness (QED) is 0.213. The standard InChI is InChI=1S/C33H34ClN5O3S/c1-17-12-24-29(27(18-6-9-20(34)10-7-18)26(17)28(32(40)41)42-33(2,3)4)43-31(36-24)19-8-11-25-23(13-19)30(37-38(25)5)39-15-21-14-22(16-39)35-21/h6-13,21-22,28,35H,14-16H2,1-5H3,(H,40,41)/t21?,22?,28-/m0/s1. The highest BCUT2D eigenvalue weighted by molar-refractivity contribution is 7.22. The van der Waals surface area contributed by atoms with Crippen molar-refractivity contribution < 1.29 is 14.6 Å². The number of aliphatic carboxylic acids is 1. The average Bonchev–Trinajstić information content (AvgIpc) is 3.51. The first kappa shape index (κ1) is 28.3. The molecule has 0 radical (unpaired) electrons. The molecular weight excluding hydrogens is 582 g/mol. The van der Waals surface area contributed by atoms with Gasteiger partial charge in [-0.3, -0.25) is 4.68 Å². The first-order valence-electron chi connectivity index (χ1n) is 14.5. The van der Waals surface area contributed by atoms with Crippen molar-refractivity contribution >= 4 is 55.8 Å². The lowest BCUT2D eigenvalue weighted by atomic mass is 9.91. The summed E-state index contributed by atoms with van der Waals surface area (Å²) in [5, 5.41) is 21.5. The summed E-state index contributed by atoms with van der Waals surface area (Å²) < 4.78 is 9.03. The zero-order chi connectivity index (χ0) is 30.2. The number of rotatable bonds is 6. The van der Waals surface area contributed by atoms with Crippen molar-refractivity contribution in [3.8, 4) is 21.7 Å². The van der Waals surface area contributed by atoms with E-state index in [1.54, 1.807) is 11.3 Å². The number of hydrogen-bond acceptors (Lipinski definition) is 7. The minimum atomic E-state index is -1.15. The number of carboxylic acid groups (broad SMARTS) is 1. The predicted molar refractivity (Wildman–Crippen MR) is 173 cm³/mol. The summed E-state index contributed by atoms with van der Waals surface area (Å²) in [6, 6.07) is 17.0. The molecule has 43 heavy (non-hydrogen) atoms. The topological polar surface area (TPSA) is 92.5 Å². The minimum absolute atomic E-state index is 0.531. The summed E-state index contributed by atoms with van der Waals surface area (Å²) in [6.07, 6.45) is 0.0826. The van der Waals surface area contributed by atoms with E-state index in [4.69, 9.17) is 26.4 Å². The van der Waals surface area contributed by atoms with Gasteiger partial charge in [-0.2, -0.15) is 5.10 Å². The summed E-state index contributed by atoms with van der Waals surface area (Å²) in [6.45, 7) is 9.46. The van der Waals surface area contributed by atoms with E-state index in [0.29, 0.717) is 22.7 Å². The van der Waals surface area contributed by atoms with E-state index in [2.05, 4.69) is 28.4 Å². The van der Waals surface area contributed by atoms with Gasteiger partial charge in [0.05, 0.1) is 21.3 Å². The van der Waals surface area contributed by atoms with Crippen molar-refractivity contribution in [2.24, 2.45) is 7.05 Å². The molecule has 2 aromatic heterocycles. The summed E-state index contributed by atoms with van der Waals surface area (Å²) in [7, 11) is 1.99. The lowest BCUT2D eigenvalue weighted by Crippen LogP contribution is -2.67. The number of benzene rings is 3. The molecule has 0 spiro atoms. The zero-order valence-corrected chi connectivity index (χ0v) is 26.4. The molecule has 3 saturated heterocycles. The Morgan fingerprint density at radius 2 is 1.79 bits per heavy atom. The maximum Gasteiger partial charge on any atom is 0.337 e. The van der Waals surface area contributed by atoms with Gasteiger partial charge >= 0.3 is 5.97 Å². The number of hydrogen-bond donors (Lipinski definition) is 2. The lowest BCUT2D eigenvalue weighted by Gasteiger charge is -2.48. The molecule has 0 amide bonds. The number of nitrogens with zero attached hydrogens (tertiary/aromatic N) is 4. The van der Waals surface area contributed by atoms with Crippen LogP contribution in [0.5, 0.6) is 0 Å². The molecule has 0 aliphatic carbocycles. The van der Waals surface area contributed by atoms with Gasteiger partial charge in [0.15, 0.2) is 11.9 Å². The van der Waals surface area contributed by atoms with E-state index in [1.807, 2.05) is 69.8 Å². The summed E-state index contributed by atoms with van der Waals surface area (Å²) in [4.78, 5) is 20.2. The van der Waals surface area contributed by atoms with Crippen LogP contribution in [0.4, 0.5) is 5.82 Å². The number of piperidine rings is 1. The molecule has 3 fully saturated rings. The minimum Gasteiger partial charge on any atom is -0.479 e. The van der Waals surface area contributed by atoms with Crippen LogP contribution >= 0.6 is 22.9 Å². The van der Waals surface area contributed by atoms with Crippen molar-refractivity contribution in [1.82, 2.24) is 20.1 Å². The number of halogens is 1. The van der Waals surface area contributed by atoms with Gasteiger partial charge in [-0.25, -0.2) is 9.78 Å². The van der Waals surface area contributed by atoms with Gasteiger partial charge in [-0.1, -0.05) is 23.7 Å². The van der Waals surface area contributed by atoms with Crippen LogP contribution in [-0.4, -0.2) is 56.6 Å². The van der Waals surface area contributed by atoms with E-state index in [9.17, 15) is 9.90 Å². The second-order valence-corrected chi connectivity index (χ2v) is 14.1. The second kappa shape index (κ2) is 10.3. The molecule has 2 N–H and O–H groups in total. The third kappa shape index (κ3) is 5.08. The van der Waals surface area contributed by atoms with Gasteiger partial charge in [0.25, 0.3) is 0 Å². The first-order chi connectivity index (χ1) is 20.4. The number of anilines is 1.